The molecule has 2 N–H and O–H groups in total. The van der Waals surface area contributed by atoms with Crippen LogP contribution in [0.4, 0.5) is 13.2 Å². The number of fused-ring (bicyclic) bond motifs is 1. The molecule has 126 valence electrons. The molecule has 2 aromatic heterocycles. The average Bonchev–Trinajstić information content (AvgIpc) is 3.11. The van der Waals surface area contributed by atoms with Crippen molar-refractivity contribution in [2.75, 3.05) is 6.54 Å². The zero-order valence-corrected chi connectivity index (χ0v) is 12.7. The van der Waals surface area contributed by atoms with E-state index >= 15 is 0 Å². The number of alkyl halides is 3. The highest BCUT2D eigenvalue weighted by Gasteiger charge is 2.27. The Bertz CT molecular complexity index is 881. The van der Waals surface area contributed by atoms with Crippen LogP contribution in [0.1, 0.15) is 16.9 Å². The minimum atomic E-state index is -4.31. The Labute approximate surface area is 134 Å². The number of benzene rings is 1. The van der Waals surface area contributed by atoms with E-state index in [4.69, 9.17) is 0 Å². The van der Waals surface area contributed by atoms with Gasteiger partial charge < -0.3 is 5.32 Å². The number of nitrogens with one attached hydrogen (secondary N) is 2. The van der Waals surface area contributed by atoms with Gasteiger partial charge >= 0.3 is 6.18 Å². The molecule has 6 nitrogen and oxygen atoms in total. The molecule has 0 atom stereocenters. The Kier molecular flexibility index (Phi) is 4.00. The van der Waals surface area contributed by atoms with Crippen molar-refractivity contribution in [3.63, 3.8) is 0 Å². The Hall–Kier alpha value is -2.84. The van der Waals surface area contributed by atoms with E-state index in [2.05, 4.69) is 20.6 Å². The van der Waals surface area contributed by atoms with Crippen LogP contribution in [0.2, 0.25) is 0 Å². The highest BCUT2D eigenvalue weighted by Crippen LogP contribution is 2.25. The van der Waals surface area contributed by atoms with Gasteiger partial charge in [-0.05, 0) is 17.7 Å². The van der Waals surface area contributed by atoms with Crippen molar-refractivity contribution >= 4 is 16.8 Å². The first kappa shape index (κ1) is 16.0. The zero-order valence-electron chi connectivity index (χ0n) is 12.7. The van der Waals surface area contributed by atoms with Crippen LogP contribution in [0.5, 0.6) is 0 Å². The first-order valence-corrected chi connectivity index (χ1v) is 7.15. The van der Waals surface area contributed by atoms with Crippen LogP contribution in [0, 0.1) is 0 Å². The number of carbonyl (C=O) groups excluding carboxylic acids is 1. The van der Waals surface area contributed by atoms with Gasteiger partial charge in [-0.1, -0.05) is 6.07 Å². The fourth-order valence-electron chi connectivity index (χ4n) is 2.34. The number of H-pyrrole nitrogens is 1. The number of amides is 1. The molecule has 0 bridgehead atoms. The Morgan fingerprint density at radius 2 is 2.12 bits per heavy atom. The largest absolute Gasteiger partial charge is 0.390 e. The number of hydrogen-bond acceptors (Lipinski definition) is 3. The van der Waals surface area contributed by atoms with Crippen LogP contribution >= 0.6 is 0 Å². The molecule has 0 spiro atoms. The van der Waals surface area contributed by atoms with E-state index in [0.717, 1.165) is 11.1 Å². The van der Waals surface area contributed by atoms with Gasteiger partial charge in [-0.15, -0.1) is 0 Å². The molecule has 24 heavy (non-hydrogen) atoms. The smallest absolute Gasteiger partial charge is 0.350 e. The average molecular weight is 337 g/mol. The van der Waals surface area contributed by atoms with E-state index in [-0.39, 0.29) is 5.69 Å². The summed E-state index contributed by atoms with van der Waals surface area (Å²) in [7, 11) is 1.79. The van der Waals surface area contributed by atoms with Crippen molar-refractivity contribution in [2.45, 2.75) is 12.6 Å². The van der Waals surface area contributed by atoms with E-state index in [9.17, 15) is 18.0 Å². The normalized spacial score (nSPS) is 11.8. The summed E-state index contributed by atoms with van der Waals surface area (Å²) in [5.74, 6) is -0.645. The van der Waals surface area contributed by atoms with E-state index in [1.807, 2.05) is 12.3 Å². The van der Waals surface area contributed by atoms with Crippen LogP contribution < -0.4 is 5.32 Å². The lowest BCUT2D eigenvalue weighted by molar-refractivity contribution is -0.132. The molecule has 0 saturated carbocycles. The maximum absolute atomic E-state index is 12.2. The van der Waals surface area contributed by atoms with E-state index in [1.54, 1.807) is 30.1 Å². The Balaban J connectivity index is 1.84. The van der Waals surface area contributed by atoms with Gasteiger partial charge in [-0.2, -0.15) is 23.4 Å². The van der Waals surface area contributed by atoms with Gasteiger partial charge in [0, 0.05) is 30.7 Å². The maximum atomic E-state index is 12.2. The summed E-state index contributed by atoms with van der Waals surface area (Å²) < 4.78 is 38.1. The summed E-state index contributed by atoms with van der Waals surface area (Å²) in [5, 5.41) is 13.5. The van der Waals surface area contributed by atoms with Crippen molar-refractivity contribution < 1.29 is 18.0 Å². The summed E-state index contributed by atoms with van der Waals surface area (Å²) in [6, 6.07) is 5.37. The molecule has 0 radical (unpaired) electrons. The molecule has 0 saturated heterocycles. The predicted octanol–water partition coefficient (Wildman–Crippen LogP) is 2.65. The minimum absolute atomic E-state index is 0.0675. The van der Waals surface area contributed by atoms with Gasteiger partial charge in [0.15, 0.2) is 5.69 Å². The van der Waals surface area contributed by atoms with E-state index in [1.165, 1.54) is 0 Å². The number of aromatic amines is 1. The molecule has 9 heteroatoms. The summed E-state index contributed by atoms with van der Waals surface area (Å²) in [5.41, 5.74) is 2.40. The molecule has 1 aromatic carbocycles. The topological polar surface area (TPSA) is 75.6 Å². The third kappa shape index (κ3) is 3.39. The van der Waals surface area contributed by atoms with Crippen LogP contribution in [0.25, 0.3) is 22.0 Å². The molecule has 3 aromatic rings. The number of aromatic nitrogens is 4. The number of hydrogen-bond donors (Lipinski definition) is 2. The van der Waals surface area contributed by atoms with Crippen LogP contribution in [-0.4, -0.2) is 38.6 Å². The standard InChI is InChI=1S/C15H14F3N5O/c1-23-8-10(7-20-23)9-2-3-12-11(6-9)13(22-21-12)14(24)19-5-4-15(16,17)18/h2-3,6-8H,4-5H2,1H3,(H,19,24)(H,21,22). The highest BCUT2D eigenvalue weighted by molar-refractivity contribution is 6.05. The highest BCUT2D eigenvalue weighted by atomic mass is 19.4. The summed E-state index contributed by atoms with van der Waals surface area (Å²) >= 11 is 0. The molecular weight excluding hydrogens is 323 g/mol. The lowest BCUT2D eigenvalue weighted by Gasteiger charge is -2.07. The Morgan fingerprint density at radius 1 is 1.33 bits per heavy atom. The molecule has 0 aliphatic heterocycles. The molecule has 3 rings (SSSR count). The molecular formula is C15H14F3N5O. The van der Waals surface area contributed by atoms with Gasteiger partial charge in [-0.3, -0.25) is 14.6 Å². The monoisotopic (exact) mass is 337 g/mol. The molecule has 2 heterocycles. The van der Waals surface area contributed by atoms with Gasteiger partial charge in [0.1, 0.15) is 0 Å². The van der Waals surface area contributed by atoms with Crippen LogP contribution in [0.15, 0.2) is 30.6 Å². The van der Waals surface area contributed by atoms with E-state index in [0.29, 0.717) is 10.9 Å². The minimum Gasteiger partial charge on any atom is -0.350 e. The molecule has 0 aliphatic rings. The molecule has 0 aliphatic carbocycles. The van der Waals surface area contributed by atoms with Crippen molar-refractivity contribution in [1.29, 1.82) is 0 Å². The quantitative estimate of drug-likeness (QED) is 0.768. The fraction of sp³-hybridized carbons (Fsp3) is 0.267. The molecule has 0 unspecified atom stereocenters. The second kappa shape index (κ2) is 5.99. The van der Waals surface area contributed by atoms with Gasteiger partial charge in [-0.25, -0.2) is 0 Å². The predicted molar refractivity (Wildman–Crippen MR) is 81.3 cm³/mol. The SMILES string of the molecule is Cn1cc(-c2ccc3[nH]nc(C(=O)NCCC(F)(F)F)c3c2)cn1. The van der Waals surface area contributed by atoms with Crippen LogP contribution in [0.3, 0.4) is 0 Å². The molecule has 0 fully saturated rings. The summed E-state index contributed by atoms with van der Waals surface area (Å²) in [6.07, 6.45) is -1.88. The second-order valence-electron chi connectivity index (χ2n) is 5.36. The van der Waals surface area contributed by atoms with Crippen LogP contribution in [-0.2, 0) is 7.05 Å². The third-order valence-corrected chi connectivity index (χ3v) is 3.51. The van der Waals surface area contributed by atoms with Gasteiger partial charge in [0.25, 0.3) is 5.91 Å². The van der Waals surface area contributed by atoms with Crippen molar-refractivity contribution in [2.24, 2.45) is 7.05 Å². The lowest BCUT2D eigenvalue weighted by Crippen LogP contribution is -2.28. The molecule has 1 amide bonds. The van der Waals surface area contributed by atoms with Crippen molar-refractivity contribution in [3.8, 4) is 11.1 Å². The number of rotatable bonds is 4. The van der Waals surface area contributed by atoms with Gasteiger partial charge in [0.05, 0.1) is 18.1 Å². The number of halogens is 3. The first-order chi connectivity index (χ1) is 11.3. The second-order valence-corrected chi connectivity index (χ2v) is 5.36. The number of nitrogens with zero attached hydrogens (tertiary/aromatic N) is 3. The first-order valence-electron chi connectivity index (χ1n) is 7.15. The van der Waals surface area contributed by atoms with Gasteiger partial charge in [0.2, 0.25) is 0 Å². The van der Waals surface area contributed by atoms with E-state index < -0.39 is 25.0 Å². The summed E-state index contributed by atoms with van der Waals surface area (Å²) in [6.45, 7) is -0.487. The fourth-order valence-corrected chi connectivity index (χ4v) is 2.34. The number of aryl methyl sites for hydroxylation is 1. The lowest BCUT2D eigenvalue weighted by atomic mass is 10.1. The summed E-state index contributed by atoms with van der Waals surface area (Å²) in [4.78, 5) is 12.1. The zero-order chi connectivity index (χ0) is 17.3. The third-order valence-electron chi connectivity index (χ3n) is 3.51. The van der Waals surface area contributed by atoms with Crippen molar-refractivity contribution in [1.82, 2.24) is 25.3 Å². The number of carbonyl (C=O) groups is 1. The maximum Gasteiger partial charge on any atom is 0.390 e. The van der Waals surface area contributed by atoms with Crippen molar-refractivity contribution in [3.05, 3.63) is 36.3 Å². The Morgan fingerprint density at radius 3 is 2.79 bits per heavy atom.